The Morgan fingerprint density at radius 3 is 0.958 bits per heavy atom. The summed E-state index contributed by atoms with van der Waals surface area (Å²) in [5.74, 6) is -5.89. The van der Waals surface area contributed by atoms with Crippen molar-refractivity contribution in [1.29, 1.82) is 0 Å². The summed E-state index contributed by atoms with van der Waals surface area (Å²) in [6.07, 6.45) is -18.9. The number of alkyl halides is 1. The molecule has 10 atom stereocenters. The molecule has 2 aliphatic rings. The topological polar surface area (TPSA) is 206 Å². The first-order valence-electron chi connectivity index (χ1n) is 22.3. The van der Waals surface area contributed by atoms with Crippen LogP contribution in [0.3, 0.4) is 0 Å². The second-order valence-electron chi connectivity index (χ2n) is 16.0. The van der Waals surface area contributed by atoms with Gasteiger partial charge in [-0.2, -0.15) is 0 Å². The molecule has 0 unspecified atom stereocenters. The number of benzene rings is 6. The van der Waals surface area contributed by atoms with Crippen molar-refractivity contribution in [2.24, 2.45) is 0 Å². The summed E-state index contributed by atoms with van der Waals surface area (Å²) in [6.45, 7) is -1.73. The van der Waals surface area contributed by atoms with Crippen molar-refractivity contribution in [3.8, 4) is 0 Å². The Balaban J connectivity index is 1.17. The molecule has 6 aromatic carbocycles. The van der Waals surface area contributed by atoms with E-state index in [1.165, 1.54) is 72.8 Å². The minimum absolute atomic E-state index is 0.00960. The summed E-state index contributed by atoms with van der Waals surface area (Å²) >= 11 is 0. The van der Waals surface area contributed by atoms with Crippen molar-refractivity contribution in [3.63, 3.8) is 0 Å². The molecule has 8 rings (SSSR count). The van der Waals surface area contributed by atoms with E-state index in [9.17, 15) is 33.9 Å². The van der Waals surface area contributed by atoms with E-state index in [1.54, 1.807) is 109 Å². The number of hydrogen-bond acceptors (Lipinski definition) is 16. The summed E-state index contributed by atoms with van der Waals surface area (Å²) in [4.78, 5) is 82.8. The smallest absolute Gasteiger partial charge is 0.338 e. The van der Waals surface area contributed by atoms with Crippen LogP contribution in [0.4, 0.5) is 4.39 Å². The average Bonchev–Trinajstić information content (AvgIpc) is 3.42. The summed E-state index contributed by atoms with van der Waals surface area (Å²) in [6, 6.07) is 45.9. The van der Waals surface area contributed by atoms with Gasteiger partial charge in [-0.25, -0.2) is 33.2 Å². The second kappa shape index (κ2) is 23.5. The SMILES string of the molecule is O=C(O[C@@H]1[C@H](OC(=O)c2ccccc2)[C@@H](OC[C@H]2O[C@H](F)[C@@H](OC(=O)c3ccccc3)[C@@H](OC(=O)c3ccccc3)[C@@H]2OC(=O)c2ccccc2)O[C@H](CO)[C@H]1OC(=O)c1ccccc1)c1ccccc1. The zero-order chi connectivity index (χ0) is 49.7. The Morgan fingerprint density at radius 1 is 0.366 bits per heavy atom. The number of aliphatic hydroxyl groups is 1. The van der Waals surface area contributed by atoms with Crippen LogP contribution in [0.1, 0.15) is 62.1 Å². The van der Waals surface area contributed by atoms with Crippen LogP contribution in [0, 0.1) is 0 Å². The van der Waals surface area contributed by atoms with Crippen LogP contribution in [0.5, 0.6) is 0 Å². The predicted octanol–water partition coefficient (Wildman–Crippen LogP) is 6.77. The van der Waals surface area contributed by atoms with Crippen molar-refractivity contribution < 1.29 is 80.9 Å². The molecule has 2 aliphatic heterocycles. The maximum Gasteiger partial charge on any atom is 0.338 e. The fraction of sp³-hybridized carbons (Fsp3) is 0.222. The zero-order valence-electron chi connectivity index (χ0n) is 37.5. The first kappa shape index (κ1) is 49.3. The first-order chi connectivity index (χ1) is 34.6. The fourth-order valence-electron chi connectivity index (χ4n) is 7.75. The normalized spacial score (nSPS) is 23.7. The van der Waals surface area contributed by atoms with Crippen LogP contribution in [0.2, 0.25) is 0 Å². The lowest BCUT2D eigenvalue weighted by Crippen LogP contribution is -2.64. The number of rotatable bonds is 16. The van der Waals surface area contributed by atoms with Crippen molar-refractivity contribution in [3.05, 3.63) is 215 Å². The number of carbonyl (C=O) groups excluding carboxylic acids is 6. The lowest BCUT2D eigenvalue weighted by molar-refractivity contribution is -0.316. The van der Waals surface area contributed by atoms with E-state index in [4.69, 9.17) is 42.6 Å². The van der Waals surface area contributed by atoms with Gasteiger partial charge < -0.3 is 47.7 Å². The molecular formula is C54H45FO16. The van der Waals surface area contributed by atoms with Gasteiger partial charge in [0.1, 0.15) is 12.2 Å². The van der Waals surface area contributed by atoms with Gasteiger partial charge in [-0.05, 0) is 72.8 Å². The minimum atomic E-state index is -2.58. The van der Waals surface area contributed by atoms with E-state index < -0.39 is 111 Å². The van der Waals surface area contributed by atoms with Crippen LogP contribution in [0.15, 0.2) is 182 Å². The van der Waals surface area contributed by atoms with Gasteiger partial charge in [-0.1, -0.05) is 109 Å². The minimum Gasteiger partial charge on any atom is -0.452 e. The maximum atomic E-state index is 16.8. The van der Waals surface area contributed by atoms with Gasteiger partial charge in [0.25, 0.3) is 0 Å². The number of esters is 6. The third-order valence-electron chi connectivity index (χ3n) is 11.3. The summed E-state index contributed by atoms with van der Waals surface area (Å²) in [5.41, 5.74) is 0.198. The van der Waals surface area contributed by atoms with Gasteiger partial charge in [-0.15, -0.1) is 0 Å². The Hall–Kier alpha value is -8.09. The summed E-state index contributed by atoms with van der Waals surface area (Å²) < 4.78 is 70.5. The van der Waals surface area contributed by atoms with Gasteiger partial charge in [0.15, 0.2) is 42.9 Å². The third kappa shape index (κ3) is 12.2. The summed E-state index contributed by atoms with van der Waals surface area (Å²) in [7, 11) is 0. The molecule has 1 N–H and O–H groups in total. The highest BCUT2D eigenvalue weighted by Crippen LogP contribution is 2.35. The molecule has 364 valence electrons. The van der Waals surface area contributed by atoms with E-state index in [0.717, 1.165) is 0 Å². The van der Waals surface area contributed by atoms with Crippen molar-refractivity contribution >= 4 is 35.8 Å². The number of halogens is 1. The van der Waals surface area contributed by atoms with Gasteiger partial charge in [0, 0.05) is 0 Å². The highest BCUT2D eigenvalue weighted by Gasteiger charge is 2.56. The molecule has 6 aromatic rings. The Bertz CT molecular complexity index is 2730. The van der Waals surface area contributed by atoms with Gasteiger partial charge >= 0.3 is 35.8 Å². The van der Waals surface area contributed by atoms with E-state index in [1.807, 2.05) is 0 Å². The third-order valence-corrected chi connectivity index (χ3v) is 11.3. The van der Waals surface area contributed by atoms with Crippen molar-refractivity contribution in [2.75, 3.05) is 13.2 Å². The molecule has 2 fully saturated rings. The van der Waals surface area contributed by atoms with Crippen LogP contribution in [0.25, 0.3) is 0 Å². The molecule has 0 spiro atoms. The zero-order valence-corrected chi connectivity index (χ0v) is 37.5. The quantitative estimate of drug-likeness (QED) is 0.0785. The second-order valence-corrected chi connectivity index (χ2v) is 16.0. The van der Waals surface area contributed by atoms with Crippen molar-refractivity contribution in [1.82, 2.24) is 0 Å². The molecule has 2 saturated heterocycles. The Morgan fingerprint density at radius 2 is 0.634 bits per heavy atom. The van der Waals surface area contributed by atoms with Crippen molar-refractivity contribution in [2.45, 2.75) is 61.5 Å². The average molecular weight is 969 g/mol. The fourth-order valence-corrected chi connectivity index (χ4v) is 7.75. The first-order valence-corrected chi connectivity index (χ1v) is 22.3. The highest BCUT2D eigenvalue weighted by atomic mass is 19.1. The van der Waals surface area contributed by atoms with Crippen LogP contribution in [-0.4, -0.2) is 116 Å². The predicted molar refractivity (Wildman–Crippen MR) is 245 cm³/mol. The molecule has 0 aromatic heterocycles. The molecular weight excluding hydrogens is 924 g/mol. The molecule has 17 heteroatoms. The maximum absolute atomic E-state index is 16.8. The molecule has 16 nitrogen and oxygen atoms in total. The van der Waals surface area contributed by atoms with Crippen LogP contribution in [-0.2, 0) is 42.6 Å². The molecule has 0 bridgehead atoms. The Labute approximate surface area is 405 Å². The monoisotopic (exact) mass is 968 g/mol. The van der Waals surface area contributed by atoms with Gasteiger partial charge in [-0.3, -0.25) is 0 Å². The number of hydrogen-bond donors (Lipinski definition) is 1. The van der Waals surface area contributed by atoms with E-state index in [0.29, 0.717) is 0 Å². The molecule has 71 heavy (non-hydrogen) atoms. The van der Waals surface area contributed by atoms with Crippen LogP contribution >= 0.6 is 0 Å². The molecule has 0 radical (unpaired) electrons. The number of ether oxygens (including phenoxy) is 9. The van der Waals surface area contributed by atoms with Gasteiger partial charge in [0.2, 0.25) is 6.36 Å². The van der Waals surface area contributed by atoms with Gasteiger partial charge in [0.05, 0.1) is 46.6 Å². The summed E-state index contributed by atoms with van der Waals surface area (Å²) in [5, 5.41) is 10.8. The molecule has 0 aliphatic carbocycles. The standard InChI is InChI=1S/C54H45FO16/c55-47-45(70-52(61)37-27-15-5-16-28-37)43(68-50(59)35-23-11-3-12-24-35)42(67-49(58)34-21-9-2-10-22-34)40(64-47)32-63-54-46(71-53(62)38-29-17-6-18-30-38)44(69-51(60)36-25-13-4-14-26-36)41(39(31-56)65-54)66-48(57)33-19-7-1-8-20-33/h1-30,39-47,54,56H,31-32H2/t39-,40-,41-,42-,43+,44+,45+,46+,47+,54+/m1/s1. The molecule has 0 amide bonds. The number of aliphatic hydroxyl groups excluding tert-OH is 1. The van der Waals surface area contributed by atoms with E-state index in [-0.39, 0.29) is 33.4 Å². The lowest BCUT2D eigenvalue weighted by Gasteiger charge is -2.45. The molecule has 2 heterocycles. The number of carbonyl (C=O) groups is 6. The van der Waals surface area contributed by atoms with E-state index >= 15 is 4.39 Å². The largest absolute Gasteiger partial charge is 0.452 e. The van der Waals surface area contributed by atoms with E-state index in [2.05, 4.69) is 0 Å². The van der Waals surface area contributed by atoms with Crippen LogP contribution < -0.4 is 0 Å². The lowest BCUT2D eigenvalue weighted by atomic mass is 9.97. The Kier molecular flexibility index (Phi) is 16.3. The molecule has 0 saturated carbocycles. The highest BCUT2D eigenvalue weighted by molar-refractivity contribution is 5.92.